The zero-order chi connectivity index (χ0) is 13.9. The van der Waals surface area contributed by atoms with E-state index in [0.717, 1.165) is 0 Å². The van der Waals surface area contributed by atoms with Gasteiger partial charge in [-0.15, -0.1) is 5.92 Å². The van der Waals surface area contributed by atoms with Crippen LogP contribution in [0.15, 0.2) is 0 Å². The van der Waals surface area contributed by atoms with Crippen LogP contribution in [0.25, 0.3) is 0 Å². The highest BCUT2D eigenvalue weighted by Gasteiger charge is 2.38. The van der Waals surface area contributed by atoms with Gasteiger partial charge in [-0.1, -0.05) is 26.7 Å². The molecular formula is C14H28O2Si. The average molecular weight is 256 g/mol. The Bertz CT molecular complexity index is 302. The van der Waals surface area contributed by atoms with Crippen LogP contribution < -0.4 is 0 Å². The van der Waals surface area contributed by atoms with Crippen LogP contribution in [0, 0.1) is 17.3 Å². The van der Waals surface area contributed by atoms with Gasteiger partial charge in [0.25, 0.3) is 0 Å². The van der Waals surface area contributed by atoms with Crippen LogP contribution in [0.3, 0.4) is 0 Å². The zero-order valence-electron chi connectivity index (χ0n) is 12.6. The van der Waals surface area contributed by atoms with Crippen molar-refractivity contribution in [3.8, 4) is 11.8 Å². The predicted octanol–water partition coefficient (Wildman–Crippen LogP) is 3.42. The molecule has 0 aliphatic carbocycles. The molecule has 0 saturated carbocycles. The van der Waals surface area contributed by atoms with Gasteiger partial charge in [-0.3, -0.25) is 0 Å². The Kier molecular flexibility index (Phi) is 5.46. The highest BCUT2D eigenvalue weighted by atomic mass is 28.4. The maximum Gasteiger partial charge on any atom is 0.192 e. The summed E-state index contributed by atoms with van der Waals surface area (Å²) in [4.78, 5) is 0. The molecule has 0 spiro atoms. The van der Waals surface area contributed by atoms with Crippen molar-refractivity contribution in [1.82, 2.24) is 0 Å². The summed E-state index contributed by atoms with van der Waals surface area (Å²) in [6.45, 7) is 17.0. The lowest BCUT2D eigenvalue weighted by atomic mass is 9.88. The smallest absolute Gasteiger partial charge is 0.192 e. The van der Waals surface area contributed by atoms with Gasteiger partial charge in [0.05, 0.1) is 18.1 Å². The van der Waals surface area contributed by atoms with E-state index < -0.39 is 19.8 Å². The minimum Gasteiger partial charge on any atom is -0.414 e. The van der Waals surface area contributed by atoms with Crippen molar-refractivity contribution in [3.05, 3.63) is 0 Å². The second-order valence-corrected chi connectivity index (χ2v) is 11.5. The lowest BCUT2D eigenvalue weighted by Gasteiger charge is -2.38. The van der Waals surface area contributed by atoms with Crippen molar-refractivity contribution in [2.45, 2.75) is 65.8 Å². The first-order valence-electron chi connectivity index (χ1n) is 6.20. The quantitative estimate of drug-likeness (QED) is 0.617. The van der Waals surface area contributed by atoms with Gasteiger partial charge in [-0.2, -0.15) is 0 Å². The van der Waals surface area contributed by atoms with E-state index in [1.807, 2.05) is 13.8 Å². The van der Waals surface area contributed by atoms with Crippen molar-refractivity contribution in [3.63, 3.8) is 0 Å². The van der Waals surface area contributed by atoms with Gasteiger partial charge in [0.2, 0.25) is 0 Å². The fourth-order valence-electron chi connectivity index (χ4n) is 1.12. The molecule has 0 heterocycles. The van der Waals surface area contributed by atoms with Crippen molar-refractivity contribution < 1.29 is 9.53 Å². The third-order valence-electron chi connectivity index (χ3n) is 3.69. The molecule has 0 saturated heterocycles. The molecule has 0 rings (SSSR count). The zero-order valence-corrected chi connectivity index (χ0v) is 13.6. The van der Waals surface area contributed by atoms with Crippen LogP contribution in [0.4, 0.5) is 0 Å². The van der Waals surface area contributed by atoms with Gasteiger partial charge in [0.1, 0.15) is 0 Å². The standard InChI is InChI=1S/C14H28O2Si/c1-9-10-14(5,6)12(15)11-16-17(7,8)13(2,3)4/h12,15H,11H2,1-8H3. The van der Waals surface area contributed by atoms with Crippen molar-refractivity contribution in [2.24, 2.45) is 5.41 Å². The Morgan fingerprint density at radius 2 is 1.65 bits per heavy atom. The molecule has 100 valence electrons. The molecule has 2 nitrogen and oxygen atoms in total. The van der Waals surface area contributed by atoms with Gasteiger partial charge in [0.15, 0.2) is 8.32 Å². The SMILES string of the molecule is CC#CC(C)(C)C(O)CO[Si](C)(C)C(C)(C)C. The van der Waals surface area contributed by atoms with Crippen LogP contribution in [0.1, 0.15) is 41.5 Å². The Balaban J connectivity index is 4.53. The molecule has 0 aromatic carbocycles. The van der Waals surface area contributed by atoms with Gasteiger partial charge in [0, 0.05) is 0 Å². The van der Waals surface area contributed by atoms with Crippen LogP contribution in [-0.4, -0.2) is 26.1 Å². The molecule has 0 aromatic rings. The number of aliphatic hydroxyl groups is 1. The molecule has 0 aromatic heterocycles. The molecule has 1 atom stereocenters. The lowest BCUT2D eigenvalue weighted by molar-refractivity contribution is 0.0361. The molecule has 17 heavy (non-hydrogen) atoms. The van der Waals surface area contributed by atoms with Crippen LogP contribution >= 0.6 is 0 Å². The van der Waals surface area contributed by atoms with E-state index in [2.05, 4.69) is 45.7 Å². The lowest BCUT2D eigenvalue weighted by Crippen LogP contribution is -2.44. The maximum atomic E-state index is 10.1. The molecule has 0 aliphatic rings. The topological polar surface area (TPSA) is 29.5 Å². The Labute approximate surface area is 108 Å². The monoisotopic (exact) mass is 256 g/mol. The minimum atomic E-state index is -1.78. The summed E-state index contributed by atoms with van der Waals surface area (Å²) in [5.41, 5.74) is -0.406. The number of aliphatic hydroxyl groups excluding tert-OH is 1. The Morgan fingerprint density at radius 3 is 2.00 bits per heavy atom. The number of rotatable bonds is 4. The maximum absolute atomic E-state index is 10.1. The largest absolute Gasteiger partial charge is 0.414 e. The van der Waals surface area contributed by atoms with Gasteiger partial charge < -0.3 is 9.53 Å². The van der Waals surface area contributed by atoms with Gasteiger partial charge >= 0.3 is 0 Å². The summed E-state index contributed by atoms with van der Waals surface area (Å²) in [5.74, 6) is 5.89. The van der Waals surface area contributed by atoms with E-state index in [4.69, 9.17) is 4.43 Å². The van der Waals surface area contributed by atoms with E-state index in [0.29, 0.717) is 6.61 Å². The summed E-state index contributed by atoms with van der Waals surface area (Å²) in [6.07, 6.45) is -0.538. The van der Waals surface area contributed by atoms with Crippen LogP contribution in [-0.2, 0) is 4.43 Å². The predicted molar refractivity (Wildman–Crippen MR) is 76.4 cm³/mol. The molecule has 0 fully saturated rings. The molecule has 1 unspecified atom stereocenters. The van der Waals surface area contributed by atoms with Crippen molar-refractivity contribution >= 4 is 8.32 Å². The fourth-order valence-corrected chi connectivity index (χ4v) is 2.13. The first-order valence-corrected chi connectivity index (χ1v) is 9.11. The third-order valence-corrected chi connectivity index (χ3v) is 8.19. The normalized spacial score (nSPS) is 15.1. The third kappa shape index (κ3) is 4.83. The summed E-state index contributed by atoms with van der Waals surface area (Å²) < 4.78 is 6.01. The first-order chi connectivity index (χ1) is 7.44. The summed E-state index contributed by atoms with van der Waals surface area (Å²) >= 11 is 0. The molecule has 0 aliphatic heterocycles. The Morgan fingerprint density at radius 1 is 1.18 bits per heavy atom. The second kappa shape index (κ2) is 5.56. The van der Waals surface area contributed by atoms with E-state index in [-0.39, 0.29) is 5.04 Å². The molecule has 0 amide bonds. The van der Waals surface area contributed by atoms with Gasteiger partial charge in [-0.05, 0) is 38.9 Å². The van der Waals surface area contributed by atoms with Crippen LogP contribution in [0.5, 0.6) is 0 Å². The van der Waals surface area contributed by atoms with E-state index in [1.165, 1.54) is 0 Å². The average Bonchev–Trinajstić information content (AvgIpc) is 2.12. The molecule has 0 radical (unpaired) electrons. The van der Waals surface area contributed by atoms with E-state index in [9.17, 15) is 5.11 Å². The highest BCUT2D eigenvalue weighted by Crippen LogP contribution is 2.37. The van der Waals surface area contributed by atoms with Crippen molar-refractivity contribution in [2.75, 3.05) is 6.61 Å². The number of hydrogen-bond acceptors (Lipinski definition) is 2. The molecular weight excluding hydrogens is 228 g/mol. The minimum absolute atomic E-state index is 0.174. The van der Waals surface area contributed by atoms with E-state index in [1.54, 1.807) is 6.92 Å². The fraction of sp³-hybridized carbons (Fsp3) is 0.857. The van der Waals surface area contributed by atoms with Crippen LogP contribution in [0.2, 0.25) is 18.1 Å². The summed E-state index contributed by atoms with van der Waals surface area (Å²) in [6, 6.07) is 0. The second-order valence-electron chi connectivity index (χ2n) is 6.68. The molecule has 0 bridgehead atoms. The molecule has 3 heteroatoms. The van der Waals surface area contributed by atoms with Gasteiger partial charge in [-0.25, -0.2) is 0 Å². The Hall–Kier alpha value is -0.303. The van der Waals surface area contributed by atoms with E-state index >= 15 is 0 Å². The highest BCUT2D eigenvalue weighted by molar-refractivity contribution is 6.74. The van der Waals surface area contributed by atoms with Crippen molar-refractivity contribution in [1.29, 1.82) is 0 Å². The number of hydrogen-bond donors (Lipinski definition) is 1. The first kappa shape index (κ1) is 16.7. The summed E-state index contributed by atoms with van der Waals surface area (Å²) in [5, 5.41) is 10.3. The summed E-state index contributed by atoms with van der Waals surface area (Å²) in [7, 11) is -1.78. The molecule has 1 N–H and O–H groups in total.